The van der Waals surface area contributed by atoms with E-state index in [0.717, 1.165) is 39.1 Å². The van der Waals surface area contributed by atoms with Crippen LogP contribution in [0.4, 0.5) is 5.69 Å². The highest BCUT2D eigenvalue weighted by molar-refractivity contribution is 9.10. The lowest BCUT2D eigenvalue weighted by Crippen LogP contribution is -2.00. The number of nitrogen functional groups attached to an aromatic ring is 1. The average Bonchev–Trinajstić information content (AvgIpc) is 2.78. The maximum atomic E-state index is 6.12. The molecule has 2 N–H and O–H groups in total. The number of anilines is 1. The van der Waals surface area contributed by atoms with E-state index in [1.807, 2.05) is 18.2 Å². The molecule has 2 aromatic carbocycles. The second kappa shape index (κ2) is 4.94. The summed E-state index contributed by atoms with van der Waals surface area (Å²) >= 11 is 3.50. The average molecular weight is 330 g/mol. The van der Waals surface area contributed by atoms with Gasteiger partial charge in [-0.1, -0.05) is 22.0 Å². The summed E-state index contributed by atoms with van der Waals surface area (Å²) in [4.78, 5) is 4.78. The zero-order valence-corrected chi connectivity index (χ0v) is 13.1. The molecular weight excluding hydrogens is 314 g/mol. The van der Waals surface area contributed by atoms with E-state index in [4.69, 9.17) is 10.7 Å². The number of hydrogen-bond acceptors (Lipinski definition) is 2. The fourth-order valence-corrected chi connectivity index (χ4v) is 2.85. The predicted octanol–water partition coefficient (Wildman–Crippen LogP) is 4.38. The monoisotopic (exact) mass is 329 g/mol. The van der Waals surface area contributed by atoms with Crippen LogP contribution in [0.1, 0.15) is 12.5 Å². The van der Waals surface area contributed by atoms with Crippen molar-refractivity contribution in [3.05, 3.63) is 46.4 Å². The minimum Gasteiger partial charge on any atom is -0.398 e. The molecule has 0 aliphatic rings. The van der Waals surface area contributed by atoms with Crippen LogP contribution >= 0.6 is 15.9 Å². The third-order valence-electron chi connectivity index (χ3n) is 3.48. The molecule has 0 radical (unpaired) electrons. The van der Waals surface area contributed by atoms with Crippen LogP contribution in [0.15, 0.2) is 40.9 Å². The van der Waals surface area contributed by atoms with Gasteiger partial charge in [0, 0.05) is 22.3 Å². The standard InChI is InChI=1S/C16H16BrN3/c1-3-20-15-7-4-10(2)8-14(15)19-16(20)12-9-11(17)5-6-13(12)18/h4-9H,3,18H2,1-2H3. The maximum Gasteiger partial charge on any atom is 0.143 e. The minimum absolute atomic E-state index is 0.745. The molecule has 0 amide bonds. The van der Waals surface area contributed by atoms with E-state index < -0.39 is 0 Å². The number of benzene rings is 2. The van der Waals surface area contributed by atoms with E-state index in [9.17, 15) is 0 Å². The molecule has 20 heavy (non-hydrogen) atoms. The number of imidazole rings is 1. The Kier molecular flexibility index (Phi) is 3.26. The van der Waals surface area contributed by atoms with Crippen LogP contribution in [0, 0.1) is 6.92 Å². The van der Waals surface area contributed by atoms with Gasteiger partial charge in [-0.05, 0) is 49.7 Å². The van der Waals surface area contributed by atoms with Crippen molar-refractivity contribution < 1.29 is 0 Å². The number of fused-ring (bicyclic) bond motifs is 1. The second-order valence-electron chi connectivity index (χ2n) is 4.90. The lowest BCUT2D eigenvalue weighted by atomic mass is 10.1. The highest BCUT2D eigenvalue weighted by Gasteiger charge is 2.14. The van der Waals surface area contributed by atoms with Crippen molar-refractivity contribution in [2.24, 2.45) is 0 Å². The first-order chi connectivity index (χ1) is 9.60. The van der Waals surface area contributed by atoms with Gasteiger partial charge in [0.05, 0.1) is 11.0 Å². The Labute approximate surface area is 126 Å². The Morgan fingerprint density at radius 1 is 1.20 bits per heavy atom. The van der Waals surface area contributed by atoms with Crippen LogP contribution in [0.2, 0.25) is 0 Å². The van der Waals surface area contributed by atoms with Gasteiger partial charge in [0.1, 0.15) is 5.82 Å². The normalized spacial score (nSPS) is 11.2. The molecule has 102 valence electrons. The highest BCUT2D eigenvalue weighted by Crippen LogP contribution is 2.31. The maximum absolute atomic E-state index is 6.12. The number of aromatic nitrogens is 2. The van der Waals surface area contributed by atoms with Crippen molar-refractivity contribution in [3.8, 4) is 11.4 Å². The summed E-state index contributed by atoms with van der Waals surface area (Å²) in [5.74, 6) is 0.923. The third-order valence-corrected chi connectivity index (χ3v) is 3.97. The summed E-state index contributed by atoms with van der Waals surface area (Å²) in [6.07, 6.45) is 0. The molecule has 0 saturated heterocycles. The molecule has 3 nitrogen and oxygen atoms in total. The molecule has 0 aliphatic carbocycles. The van der Waals surface area contributed by atoms with Crippen molar-refractivity contribution in [2.45, 2.75) is 20.4 Å². The van der Waals surface area contributed by atoms with Gasteiger partial charge in [-0.2, -0.15) is 0 Å². The molecule has 0 unspecified atom stereocenters. The number of aryl methyl sites for hydroxylation is 2. The number of rotatable bonds is 2. The van der Waals surface area contributed by atoms with Gasteiger partial charge in [-0.3, -0.25) is 0 Å². The van der Waals surface area contributed by atoms with Crippen LogP contribution in [-0.4, -0.2) is 9.55 Å². The Bertz CT molecular complexity index is 790. The summed E-state index contributed by atoms with van der Waals surface area (Å²) < 4.78 is 3.21. The number of nitrogens with zero attached hydrogens (tertiary/aromatic N) is 2. The SMILES string of the molecule is CCn1c(-c2cc(Br)ccc2N)nc2cc(C)ccc21. The fourth-order valence-electron chi connectivity index (χ4n) is 2.49. The zero-order valence-electron chi connectivity index (χ0n) is 11.5. The Morgan fingerprint density at radius 3 is 2.75 bits per heavy atom. The molecule has 0 fully saturated rings. The van der Waals surface area contributed by atoms with Crippen molar-refractivity contribution in [1.82, 2.24) is 9.55 Å². The Balaban J connectivity index is 2.32. The van der Waals surface area contributed by atoms with E-state index in [1.165, 1.54) is 5.56 Å². The smallest absolute Gasteiger partial charge is 0.143 e. The molecule has 1 heterocycles. The quantitative estimate of drug-likeness (QED) is 0.709. The third kappa shape index (κ3) is 2.10. The summed E-state index contributed by atoms with van der Waals surface area (Å²) in [6, 6.07) is 12.2. The first-order valence-electron chi connectivity index (χ1n) is 6.62. The lowest BCUT2D eigenvalue weighted by Gasteiger charge is -2.09. The van der Waals surface area contributed by atoms with Crippen LogP contribution in [0.25, 0.3) is 22.4 Å². The second-order valence-corrected chi connectivity index (χ2v) is 5.82. The molecular formula is C16H16BrN3. The van der Waals surface area contributed by atoms with Crippen molar-refractivity contribution in [1.29, 1.82) is 0 Å². The summed E-state index contributed by atoms with van der Waals surface area (Å²) in [6.45, 7) is 5.07. The van der Waals surface area contributed by atoms with Gasteiger partial charge >= 0.3 is 0 Å². The number of hydrogen-bond donors (Lipinski definition) is 1. The zero-order chi connectivity index (χ0) is 14.3. The van der Waals surface area contributed by atoms with Crippen LogP contribution in [0.3, 0.4) is 0 Å². The lowest BCUT2D eigenvalue weighted by molar-refractivity contribution is 0.796. The first kappa shape index (κ1) is 13.2. The number of nitrogens with two attached hydrogens (primary N) is 1. The van der Waals surface area contributed by atoms with E-state index in [2.05, 4.69) is 52.5 Å². The van der Waals surface area contributed by atoms with Crippen molar-refractivity contribution in [3.63, 3.8) is 0 Å². The van der Waals surface area contributed by atoms with Crippen LogP contribution < -0.4 is 5.73 Å². The van der Waals surface area contributed by atoms with Crippen molar-refractivity contribution >= 4 is 32.7 Å². The van der Waals surface area contributed by atoms with Gasteiger partial charge in [-0.25, -0.2) is 4.98 Å². The number of halogens is 1. The largest absolute Gasteiger partial charge is 0.398 e. The molecule has 0 aliphatic heterocycles. The molecule has 0 atom stereocenters. The molecule has 3 rings (SSSR count). The van der Waals surface area contributed by atoms with Gasteiger partial charge in [0.15, 0.2) is 0 Å². The van der Waals surface area contributed by atoms with E-state index in [-0.39, 0.29) is 0 Å². The molecule has 0 bridgehead atoms. The van der Waals surface area contributed by atoms with E-state index >= 15 is 0 Å². The Hall–Kier alpha value is -1.81. The van der Waals surface area contributed by atoms with Crippen molar-refractivity contribution in [2.75, 3.05) is 5.73 Å². The summed E-state index contributed by atoms with van der Waals surface area (Å²) in [5.41, 5.74) is 11.2. The first-order valence-corrected chi connectivity index (χ1v) is 7.41. The van der Waals surface area contributed by atoms with Crippen LogP contribution in [-0.2, 0) is 6.54 Å². The highest BCUT2D eigenvalue weighted by atomic mass is 79.9. The summed E-state index contributed by atoms with van der Waals surface area (Å²) in [7, 11) is 0. The predicted molar refractivity (Wildman–Crippen MR) is 87.7 cm³/mol. The van der Waals surface area contributed by atoms with Gasteiger partial charge in [0.25, 0.3) is 0 Å². The van der Waals surface area contributed by atoms with Gasteiger partial charge < -0.3 is 10.3 Å². The molecule has 4 heteroatoms. The van der Waals surface area contributed by atoms with Gasteiger partial charge in [-0.15, -0.1) is 0 Å². The van der Waals surface area contributed by atoms with E-state index in [0.29, 0.717) is 0 Å². The van der Waals surface area contributed by atoms with Crippen LogP contribution in [0.5, 0.6) is 0 Å². The summed E-state index contributed by atoms with van der Waals surface area (Å²) in [5, 5.41) is 0. The molecule has 0 spiro atoms. The molecule has 1 aromatic heterocycles. The molecule has 0 saturated carbocycles. The van der Waals surface area contributed by atoms with Gasteiger partial charge in [0.2, 0.25) is 0 Å². The minimum atomic E-state index is 0.745. The molecule has 3 aromatic rings. The topological polar surface area (TPSA) is 43.8 Å². The Morgan fingerprint density at radius 2 is 2.00 bits per heavy atom. The fraction of sp³-hybridized carbons (Fsp3) is 0.188. The van der Waals surface area contributed by atoms with E-state index in [1.54, 1.807) is 0 Å².